The fourth-order valence-electron chi connectivity index (χ4n) is 1.75. The Kier molecular flexibility index (Phi) is 7.02. The molecule has 1 atom stereocenters. The Hall–Kier alpha value is -1.75. The van der Waals surface area contributed by atoms with E-state index in [1.807, 2.05) is 0 Å². The monoisotopic (exact) mass is 313 g/mol. The minimum Gasteiger partial charge on any atom is -0.479 e. The number of hydrogen-bond donors (Lipinski definition) is 0. The van der Waals surface area contributed by atoms with Crippen LogP contribution in [0.3, 0.4) is 0 Å². The molecule has 1 unspecified atom stereocenters. The summed E-state index contributed by atoms with van der Waals surface area (Å²) in [5.74, 6) is -0.282. The highest BCUT2D eigenvalue weighted by Crippen LogP contribution is 2.24. The number of esters is 1. The van der Waals surface area contributed by atoms with Crippen molar-refractivity contribution < 1.29 is 19.1 Å². The van der Waals surface area contributed by atoms with Gasteiger partial charge in [-0.05, 0) is 32.9 Å². The van der Waals surface area contributed by atoms with Crippen molar-refractivity contribution in [1.82, 2.24) is 4.90 Å². The summed E-state index contributed by atoms with van der Waals surface area (Å²) in [4.78, 5) is 25.1. The third-order valence-electron chi connectivity index (χ3n) is 2.81. The van der Waals surface area contributed by atoms with Gasteiger partial charge in [-0.25, -0.2) is 0 Å². The summed E-state index contributed by atoms with van der Waals surface area (Å²) in [5, 5.41) is 0.436. The van der Waals surface area contributed by atoms with E-state index in [0.717, 1.165) is 0 Å². The molecule has 0 radical (unpaired) electrons. The van der Waals surface area contributed by atoms with Crippen LogP contribution in [0.5, 0.6) is 5.75 Å². The standard InChI is InChI=1S/C15H20ClNO4/c1-4-17(10-14(18)20-5-2)15(19)11(3)21-13-9-7-6-8-12(13)16/h6-9,11H,4-5,10H2,1-3H3. The largest absolute Gasteiger partial charge is 0.479 e. The molecule has 0 bridgehead atoms. The number of nitrogens with zero attached hydrogens (tertiary/aromatic N) is 1. The highest BCUT2D eigenvalue weighted by Gasteiger charge is 2.23. The molecule has 0 saturated carbocycles. The first-order valence-corrected chi connectivity index (χ1v) is 7.23. The van der Waals surface area contributed by atoms with Gasteiger partial charge in [-0.3, -0.25) is 9.59 Å². The third kappa shape index (κ3) is 5.27. The predicted octanol–water partition coefficient (Wildman–Crippen LogP) is 2.52. The molecule has 1 amide bonds. The Morgan fingerprint density at radius 3 is 2.52 bits per heavy atom. The molecule has 0 spiro atoms. The maximum atomic E-state index is 12.3. The highest BCUT2D eigenvalue weighted by molar-refractivity contribution is 6.32. The summed E-state index contributed by atoms with van der Waals surface area (Å²) in [5.41, 5.74) is 0. The molecule has 6 heteroatoms. The van der Waals surface area contributed by atoms with Crippen molar-refractivity contribution >= 4 is 23.5 Å². The van der Waals surface area contributed by atoms with Crippen LogP contribution in [0.4, 0.5) is 0 Å². The fourth-order valence-corrected chi connectivity index (χ4v) is 1.93. The molecule has 0 aliphatic carbocycles. The predicted molar refractivity (Wildman–Crippen MR) is 80.4 cm³/mol. The third-order valence-corrected chi connectivity index (χ3v) is 3.12. The zero-order valence-electron chi connectivity index (χ0n) is 12.5. The normalized spacial score (nSPS) is 11.6. The summed E-state index contributed by atoms with van der Waals surface area (Å²) in [6.07, 6.45) is -0.737. The summed E-state index contributed by atoms with van der Waals surface area (Å²) in [6.45, 7) is 5.74. The zero-order valence-corrected chi connectivity index (χ0v) is 13.2. The van der Waals surface area contributed by atoms with E-state index in [1.54, 1.807) is 45.0 Å². The zero-order chi connectivity index (χ0) is 15.8. The molecule has 5 nitrogen and oxygen atoms in total. The molecule has 0 fully saturated rings. The van der Waals surface area contributed by atoms with Crippen LogP contribution < -0.4 is 4.74 Å². The van der Waals surface area contributed by atoms with Crippen LogP contribution in [0.25, 0.3) is 0 Å². The van der Waals surface area contributed by atoms with Gasteiger partial charge >= 0.3 is 5.97 Å². The average Bonchev–Trinajstić information content (AvgIpc) is 2.46. The van der Waals surface area contributed by atoms with Crippen molar-refractivity contribution in [2.75, 3.05) is 19.7 Å². The molecule has 1 aromatic carbocycles. The summed E-state index contributed by atoms with van der Waals surface area (Å²) in [6, 6.07) is 6.92. The quantitative estimate of drug-likeness (QED) is 0.726. The Morgan fingerprint density at radius 1 is 1.29 bits per heavy atom. The van der Waals surface area contributed by atoms with Crippen molar-refractivity contribution in [2.24, 2.45) is 0 Å². The van der Waals surface area contributed by atoms with Crippen molar-refractivity contribution in [2.45, 2.75) is 26.9 Å². The molecule has 0 saturated heterocycles. The van der Waals surface area contributed by atoms with Gasteiger partial charge in [0.2, 0.25) is 0 Å². The van der Waals surface area contributed by atoms with Gasteiger partial charge in [0.15, 0.2) is 6.10 Å². The van der Waals surface area contributed by atoms with Gasteiger partial charge in [0.1, 0.15) is 12.3 Å². The number of benzene rings is 1. The number of carbonyl (C=O) groups excluding carboxylic acids is 2. The maximum Gasteiger partial charge on any atom is 0.325 e. The van der Waals surface area contributed by atoms with E-state index >= 15 is 0 Å². The highest BCUT2D eigenvalue weighted by atomic mass is 35.5. The molecule has 0 aliphatic rings. The lowest BCUT2D eigenvalue weighted by atomic mass is 10.3. The molecule has 1 rings (SSSR count). The second-order valence-electron chi connectivity index (χ2n) is 4.35. The number of carbonyl (C=O) groups is 2. The fraction of sp³-hybridized carbons (Fsp3) is 0.467. The van der Waals surface area contributed by atoms with Gasteiger partial charge in [-0.2, -0.15) is 0 Å². The van der Waals surface area contributed by atoms with Crippen LogP contribution in [-0.2, 0) is 14.3 Å². The van der Waals surface area contributed by atoms with Crippen LogP contribution in [0.1, 0.15) is 20.8 Å². The van der Waals surface area contributed by atoms with E-state index in [9.17, 15) is 9.59 Å². The second kappa shape index (κ2) is 8.52. The summed E-state index contributed by atoms with van der Waals surface area (Å²) in [7, 11) is 0. The van der Waals surface area contributed by atoms with E-state index in [2.05, 4.69) is 0 Å². The Morgan fingerprint density at radius 2 is 1.95 bits per heavy atom. The van der Waals surface area contributed by atoms with Crippen LogP contribution in [0.15, 0.2) is 24.3 Å². The topological polar surface area (TPSA) is 55.8 Å². The number of para-hydroxylation sites is 1. The Bertz CT molecular complexity index is 492. The van der Waals surface area contributed by atoms with Gasteiger partial charge in [-0.1, -0.05) is 23.7 Å². The smallest absolute Gasteiger partial charge is 0.325 e. The number of hydrogen-bond acceptors (Lipinski definition) is 4. The average molecular weight is 314 g/mol. The Labute approximate surface area is 129 Å². The van der Waals surface area contributed by atoms with Gasteiger partial charge in [0.25, 0.3) is 5.91 Å². The summed E-state index contributed by atoms with van der Waals surface area (Å²) >= 11 is 5.99. The molecule has 116 valence electrons. The van der Waals surface area contributed by atoms with Crippen LogP contribution >= 0.6 is 11.6 Å². The lowest BCUT2D eigenvalue weighted by Gasteiger charge is -2.24. The van der Waals surface area contributed by atoms with Crippen LogP contribution in [-0.4, -0.2) is 42.6 Å². The molecule has 21 heavy (non-hydrogen) atoms. The second-order valence-corrected chi connectivity index (χ2v) is 4.76. The van der Waals surface area contributed by atoms with Crippen molar-refractivity contribution in [3.8, 4) is 5.75 Å². The van der Waals surface area contributed by atoms with Gasteiger partial charge in [-0.15, -0.1) is 0 Å². The first-order chi connectivity index (χ1) is 9.99. The molecule has 0 N–H and O–H groups in total. The summed E-state index contributed by atoms with van der Waals surface area (Å²) < 4.78 is 10.4. The molecule has 0 aromatic heterocycles. The molecule has 0 heterocycles. The molecular formula is C15H20ClNO4. The number of rotatable bonds is 7. The SMILES string of the molecule is CCOC(=O)CN(CC)C(=O)C(C)Oc1ccccc1Cl. The van der Waals surface area contributed by atoms with Gasteiger partial charge < -0.3 is 14.4 Å². The molecule has 1 aromatic rings. The van der Waals surface area contributed by atoms with E-state index in [1.165, 1.54) is 4.90 Å². The van der Waals surface area contributed by atoms with E-state index in [-0.39, 0.29) is 19.1 Å². The van der Waals surface area contributed by atoms with Crippen LogP contribution in [0, 0.1) is 0 Å². The van der Waals surface area contributed by atoms with E-state index < -0.39 is 12.1 Å². The minimum absolute atomic E-state index is 0.0839. The molecule has 0 aliphatic heterocycles. The van der Waals surface area contributed by atoms with Crippen molar-refractivity contribution in [1.29, 1.82) is 0 Å². The van der Waals surface area contributed by atoms with E-state index in [4.69, 9.17) is 21.1 Å². The van der Waals surface area contributed by atoms with Crippen molar-refractivity contribution in [3.05, 3.63) is 29.3 Å². The number of amides is 1. The Balaban J connectivity index is 2.67. The number of halogens is 1. The minimum atomic E-state index is -0.737. The van der Waals surface area contributed by atoms with Crippen molar-refractivity contribution in [3.63, 3.8) is 0 Å². The van der Waals surface area contributed by atoms with Gasteiger partial charge in [0, 0.05) is 6.54 Å². The molecular weight excluding hydrogens is 294 g/mol. The first kappa shape index (κ1) is 17.3. The van der Waals surface area contributed by atoms with E-state index in [0.29, 0.717) is 17.3 Å². The number of ether oxygens (including phenoxy) is 2. The number of likely N-dealkylation sites (N-methyl/N-ethyl adjacent to an activating group) is 1. The van der Waals surface area contributed by atoms with Crippen LogP contribution in [0.2, 0.25) is 5.02 Å². The lowest BCUT2D eigenvalue weighted by molar-refractivity contribution is -0.150. The lowest BCUT2D eigenvalue weighted by Crippen LogP contribution is -2.43. The maximum absolute atomic E-state index is 12.3. The van der Waals surface area contributed by atoms with Gasteiger partial charge in [0.05, 0.1) is 11.6 Å². The first-order valence-electron chi connectivity index (χ1n) is 6.85.